The summed E-state index contributed by atoms with van der Waals surface area (Å²) in [5, 5.41) is 11.5. The van der Waals surface area contributed by atoms with Gasteiger partial charge in [-0.2, -0.15) is 0 Å². The molecule has 0 bridgehead atoms. The van der Waals surface area contributed by atoms with Gasteiger partial charge in [0.25, 0.3) is 0 Å². The van der Waals surface area contributed by atoms with E-state index >= 15 is 0 Å². The molecular weight excluding hydrogens is 264 g/mol. The zero-order chi connectivity index (χ0) is 15.3. The van der Waals surface area contributed by atoms with Crippen molar-refractivity contribution in [3.8, 4) is 0 Å². The monoisotopic (exact) mass is 286 g/mol. The summed E-state index contributed by atoms with van der Waals surface area (Å²) in [6.07, 6.45) is 1.04. The number of urea groups is 1. The van der Waals surface area contributed by atoms with Gasteiger partial charge in [0.1, 0.15) is 6.04 Å². The molecule has 1 fully saturated rings. The molecule has 2 N–H and O–H groups in total. The van der Waals surface area contributed by atoms with E-state index in [0.717, 1.165) is 0 Å². The van der Waals surface area contributed by atoms with Crippen LogP contribution in [0.25, 0.3) is 0 Å². The first-order chi connectivity index (χ1) is 9.40. The molecular formula is C13H22N2O5. The Morgan fingerprint density at radius 1 is 1.40 bits per heavy atom. The molecule has 114 valence electrons. The number of carboxylic acid groups (broad SMARTS) is 1. The van der Waals surface area contributed by atoms with E-state index in [1.807, 2.05) is 13.8 Å². The molecule has 7 heteroatoms. The molecule has 20 heavy (non-hydrogen) atoms. The molecule has 0 aromatic heterocycles. The van der Waals surface area contributed by atoms with Crippen molar-refractivity contribution in [1.82, 2.24) is 10.2 Å². The summed E-state index contributed by atoms with van der Waals surface area (Å²) in [5.74, 6) is -1.73. The molecule has 1 aliphatic heterocycles. The third-order valence-electron chi connectivity index (χ3n) is 3.58. The highest BCUT2D eigenvalue weighted by Gasteiger charge is 2.38. The number of rotatable bonds is 5. The number of nitrogens with one attached hydrogen (secondary N) is 1. The SMILES string of the molecule is CCCC(NC(=O)N1CC(C)C(C(=O)OC)C1)C(=O)O. The summed E-state index contributed by atoms with van der Waals surface area (Å²) in [6, 6.07) is -1.33. The van der Waals surface area contributed by atoms with Crippen molar-refractivity contribution < 1.29 is 24.2 Å². The van der Waals surface area contributed by atoms with Crippen LogP contribution < -0.4 is 5.32 Å². The number of methoxy groups -OCH3 is 1. The topological polar surface area (TPSA) is 95.9 Å². The Morgan fingerprint density at radius 3 is 2.55 bits per heavy atom. The number of amides is 2. The van der Waals surface area contributed by atoms with Crippen LogP contribution in [0.2, 0.25) is 0 Å². The lowest BCUT2D eigenvalue weighted by molar-refractivity contribution is -0.146. The second-order valence-corrected chi connectivity index (χ2v) is 5.14. The molecule has 1 heterocycles. The van der Waals surface area contributed by atoms with Crippen LogP contribution in [0.3, 0.4) is 0 Å². The highest BCUT2D eigenvalue weighted by Crippen LogP contribution is 2.24. The number of carbonyl (C=O) groups excluding carboxylic acids is 2. The van der Waals surface area contributed by atoms with Crippen LogP contribution in [0.5, 0.6) is 0 Å². The Balaban J connectivity index is 2.61. The number of likely N-dealkylation sites (tertiary alicyclic amines) is 1. The van der Waals surface area contributed by atoms with Crippen molar-refractivity contribution in [3.63, 3.8) is 0 Å². The lowest BCUT2D eigenvalue weighted by atomic mass is 9.99. The Kier molecular flexibility index (Phi) is 5.79. The Morgan fingerprint density at radius 2 is 2.05 bits per heavy atom. The second kappa shape index (κ2) is 7.12. The minimum atomic E-state index is -1.04. The number of ether oxygens (including phenoxy) is 1. The third kappa shape index (κ3) is 3.85. The predicted octanol–water partition coefficient (Wildman–Crippen LogP) is 0.690. The van der Waals surface area contributed by atoms with Gasteiger partial charge in [-0.05, 0) is 12.3 Å². The molecule has 0 aromatic carbocycles. The summed E-state index contributed by atoms with van der Waals surface area (Å²) in [4.78, 5) is 36.1. The summed E-state index contributed by atoms with van der Waals surface area (Å²) in [7, 11) is 1.32. The number of nitrogens with zero attached hydrogens (tertiary/aromatic N) is 1. The van der Waals surface area contributed by atoms with Gasteiger partial charge in [-0.3, -0.25) is 4.79 Å². The molecule has 0 aromatic rings. The van der Waals surface area contributed by atoms with E-state index in [0.29, 0.717) is 19.4 Å². The highest BCUT2D eigenvalue weighted by atomic mass is 16.5. The van der Waals surface area contributed by atoms with E-state index in [4.69, 9.17) is 9.84 Å². The van der Waals surface area contributed by atoms with Crippen molar-refractivity contribution in [1.29, 1.82) is 0 Å². The maximum Gasteiger partial charge on any atom is 0.326 e. The molecule has 0 spiro atoms. The summed E-state index contributed by atoms with van der Waals surface area (Å²) < 4.78 is 4.70. The van der Waals surface area contributed by atoms with Crippen LogP contribution in [0, 0.1) is 11.8 Å². The van der Waals surface area contributed by atoms with Gasteiger partial charge in [0, 0.05) is 13.1 Å². The van der Waals surface area contributed by atoms with E-state index in [-0.39, 0.29) is 24.3 Å². The van der Waals surface area contributed by atoms with Gasteiger partial charge in [0.05, 0.1) is 13.0 Å². The van der Waals surface area contributed by atoms with Crippen LogP contribution in [-0.4, -0.2) is 54.2 Å². The molecule has 2 amide bonds. The van der Waals surface area contributed by atoms with Crippen LogP contribution in [-0.2, 0) is 14.3 Å². The highest BCUT2D eigenvalue weighted by molar-refractivity contribution is 5.83. The quantitative estimate of drug-likeness (QED) is 0.725. The average molecular weight is 286 g/mol. The minimum absolute atomic E-state index is 0.00246. The van der Waals surface area contributed by atoms with Crippen molar-refractivity contribution in [2.45, 2.75) is 32.7 Å². The number of esters is 1. The van der Waals surface area contributed by atoms with Gasteiger partial charge in [0.2, 0.25) is 0 Å². The predicted molar refractivity (Wildman–Crippen MR) is 71.1 cm³/mol. The zero-order valence-corrected chi connectivity index (χ0v) is 12.1. The summed E-state index contributed by atoms with van der Waals surface area (Å²) in [5.41, 5.74) is 0. The first kappa shape index (κ1) is 16.3. The molecule has 3 atom stereocenters. The maximum atomic E-state index is 12.0. The molecule has 1 aliphatic rings. The van der Waals surface area contributed by atoms with E-state index < -0.39 is 18.0 Å². The molecule has 0 aliphatic carbocycles. The second-order valence-electron chi connectivity index (χ2n) is 5.14. The Bertz CT molecular complexity index is 385. The number of carboxylic acids is 1. The number of hydrogen-bond acceptors (Lipinski definition) is 4. The molecule has 1 rings (SSSR count). The molecule has 0 saturated carbocycles. The van der Waals surface area contributed by atoms with Gasteiger partial charge in [-0.1, -0.05) is 20.3 Å². The number of hydrogen-bond donors (Lipinski definition) is 2. The third-order valence-corrected chi connectivity index (χ3v) is 3.58. The fourth-order valence-corrected chi connectivity index (χ4v) is 2.38. The lowest BCUT2D eigenvalue weighted by Crippen LogP contribution is -2.47. The van der Waals surface area contributed by atoms with E-state index in [9.17, 15) is 14.4 Å². The number of carbonyl (C=O) groups is 3. The van der Waals surface area contributed by atoms with Gasteiger partial charge >= 0.3 is 18.0 Å². The number of aliphatic carboxylic acids is 1. The van der Waals surface area contributed by atoms with Crippen molar-refractivity contribution in [3.05, 3.63) is 0 Å². The smallest absolute Gasteiger partial charge is 0.326 e. The summed E-state index contributed by atoms with van der Waals surface area (Å²) >= 11 is 0. The lowest BCUT2D eigenvalue weighted by Gasteiger charge is -2.20. The van der Waals surface area contributed by atoms with Crippen LogP contribution in [0.15, 0.2) is 0 Å². The van der Waals surface area contributed by atoms with Crippen molar-refractivity contribution >= 4 is 18.0 Å². The van der Waals surface area contributed by atoms with Gasteiger partial charge in [-0.25, -0.2) is 9.59 Å². The van der Waals surface area contributed by atoms with Crippen molar-refractivity contribution in [2.24, 2.45) is 11.8 Å². The van der Waals surface area contributed by atoms with Gasteiger partial charge in [-0.15, -0.1) is 0 Å². The van der Waals surface area contributed by atoms with Crippen LogP contribution in [0.4, 0.5) is 4.79 Å². The molecule has 1 saturated heterocycles. The zero-order valence-electron chi connectivity index (χ0n) is 12.1. The Labute approximate surface area is 118 Å². The molecule has 7 nitrogen and oxygen atoms in total. The molecule has 3 unspecified atom stereocenters. The van der Waals surface area contributed by atoms with E-state index in [2.05, 4.69) is 5.32 Å². The standard InChI is InChI=1S/C13H22N2O5/c1-4-5-10(11(16)17)14-13(19)15-6-8(2)9(7-15)12(18)20-3/h8-10H,4-7H2,1-3H3,(H,14,19)(H,16,17). The fourth-order valence-electron chi connectivity index (χ4n) is 2.38. The first-order valence-electron chi connectivity index (χ1n) is 6.76. The first-order valence-corrected chi connectivity index (χ1v) is 6.76. The Hall–Kier alpha value is -1.79. The average Bonchev–Trinajstić information content (AvgIpc) is 2.79. The van der Waals surface area contributed by atoms with E-state index in [1.165, 1.54) is 12.0 Å². The van der Waals surface area contributed by atoms with Gasteiger partial charge < -0.3 is 20.1 Å². The summed E-state index contributed by atoms with van der Waals surface area (Å²) in [6.45, 7) is 4.41. The van der Waals surface area contributed by atoms with Gasteiger partial charge in [0.15, 0.2) is 0 Å². The van der Waals surface area contributed by atoms with Crippen LogP contribution in [0.1, 0.15) is 26.7 Å². The molecule has 0 radical (unpaired) electrons. The normalized spacial score (nSPS) is 23.2. The van der Waals surface area contributed by atoms with Crippen LogP contribution >= 0.6 is 0 Å². The van der Waals surface area contributed by atoms with E-state index in [1.54, 1.807) is 0 Å². The minimum Gasteiger partial charge on any atom is -0.480 e. The van der Waals surface area contributed by atoms with Crippen molar-refractivity contribution in [2.75, 3.05) is 20.2 Å². The largest absolute Gasteiger partial charge is 0.480 e. The maximum absolute atomic E-state index is 12.0. The fraction of sp³-hybridized carbons (Fsp3) is 0.769.